The number of carbonyl (C=O) groups is 1. The van der Waals surface area contributed by atoms with Crippen molar-refractivity contribution in [2.75, 3.05) is 18.8 Å². The SMILES string of the molecule is CC(C)(C#N)CCC[S@](=O)c1ccc(C(=O)N2CCCC2)cn1. The van der Waals surface area contributed by atoms with Gasteiger partial charge in [0.25, 0.3) is 5.91 Å². The first kappa shape index (κ1) is 17.6. The summed E-state index contributed by atoms with van der Waals surface area (Å²) in [6.45, 7) is 5.38. The summed E-state index contributed by atoms with van der Waals surface area (Å²) in [6.07, 6.45) is 5.05. The van der Waals surface area contributed by atoms with E-state index in [-0.39, 0.29) is 11.3 Å². The molecule has 2 heterocycles. The van der Waals surface area contributed by atoms with E-state index >= 15 is 0 Å². The van der Waals surface area contributed by atoms with Crippen molar-refractivity contribution in [3.63, 3.8) is 0 Å². The molecule has 0 N–H and O–H groups in total. The fourth-order valence-corrected chi connectivity index (χ4v) is 3.56. The third-order valence-electron chi connectivity index (χ3n) is 4.04. The molecule has 0 unspecified atom stereocenters. The maximum Gasteiger partial charge on any atom is 0.255 e. The van der Waals surface area contributed by atoms with Crippen LogP contribution < -0.4 is 0 Å². The molecule has 0 radical (unpaired) electrons. The fourth-order valence-electron chi connectivity index (χ4n) is 2.55. The molecule has 124 valence electrons. The number of carbonyl (C=O) groups excluding carboxylic acids is 1. The zero-order valence-electron chi connectivity index (χ0n) is 13.7. The Bertz CT molecular complexity index is 614. The maximum atomic E-state index is 12.2. The third-order valence-corrected chi connectivity index (χ3v) is 5.41. The Labute approximate surface area is 140 Å². The second-order valence-electron chi connectivity index (χ2n) is 6.53. The molecule has 5 nitrogen and oxygen atoms in total. The van der Waals surface area contributed by atoms with Gasteiger partial charge in [-0.05, 0) is 51.7 Å². The minimum Gasteiger partial charge on any atom is -0.339 e. The number of nitrogens with zero attached hydrogens (tertiary/aromatic N) is 3. The normalized spacial score (nSPS) is 16.1. The second kappa shape index (κ2) is 7.69. The van der Waals surface area contributed by atoms with Gasteiger partial charge in [-0.3, -0.25) is 9.00 Å². The zero-order chi connectivity index (χ0) is 16.9. The maximum absolute atomic E-state index is 12.2. The van der Waals surface area contributed by atoms with Gasteiger partial charge in [-0.1, -0.05) is 0 Å². The van der Waals surface area contributed by atoms with Crippen LogP contribution in [0.3, 0.4) is 0 Å². The number of hydrogen-bond acceptors (Lipinski definition) is 4. The molecule has 0 saturated carbocycles. The summed E-state index contributed by atoms with van der Waals surface area (Å²) in [5, 5.41) is 9.47. The Morgan fingerprint density at radius 1 is 1.39 bits per heavy atom. The number of likely N-dealkylation sites (tertiary alicyclic amines) is 1. The van der Waals surface area contributed by atoms with Gasteiger partial charge in [0.05, 0.1) is 27.8 Å². The number of nitriles is 1. The van der Waals surface area contributed by atoms with Gasteiger partial charge in [-0.25, -0.2) is 4.98 Å². The van der Waals surface area contributed by atoms with E-state index in [1.54, 1.807) is 12.1 Å². The highest BCUT2D eigenvalue weighted by Crippen LogP contribution is 2.21. The van der Waals surface area contributed by atoms with Crippen LogP contribution in [-0.4, -0.2) is 38.8 Å². The van der Waals surface area contributed by atoms with Crippen LogP contribution in [0.4, 0.5) is 0 Å². The van der Waals surface area contributed by atoms with Crippen LogP contribution in [-0.2, 0) is 10.8 Å². The average Bonchev–Trinajstić information content (AvgIpc) is 3.08. The number of aromatic nitrogens is 1. The van der Waals surface area contributed by atoms with E-state index in [1.165, 1.54) is 6.20 Å². The van der Waals surface area contributed by atoms with Gasteiger partial charge in [0.1, 0.15) is 5.03 Å². The summed E-state index contributed by atoms with van der Waals surface area (Å²) < 4.78 is 12.2. The van der Waals surface area contributed by atoms with E-state index in [4.69, 9.17) is 5.26 Å². The largest absolute Gasteiger partial charge is 0.339 e. The van der Waals surface area contributed by atoms with E-state index in [9.17, 15) is 9.00 Å². The standard InChI is InChI=1S/C17H23N3O2S/c1-17(2,13-18)8-5-11-23(22)15-7-6-14(12-19-15)16(21)20-9-3-4-10-20/h6-7,12H,3-5,8-11H2,1-2H3/t23-/m0/s1. The van der Waals surface area contributed by atoms with Crippen molar-refractivity contribution in [1.82, 2.24) is 9.88 Å². The Morgan fingerprint density at radius 2 is 2.09 bits per heavy atom. The molecular weight excluding hydrogens is 310 g/mol. The Hall–Kier alpha value is -1.74. The Kier molecular flexibility index (Phi) is 5.89. The minimum absolute atomic E-state index is 0.00287. The van der Waals surface area contributed by atoms with Gasteiger partial charge < -0.3 is 4.90 Å². The molecule has 1 fully saturated rings. The van der Waals surface area contributed by atoms with Crippen LogP contribution in [0.1, 0.15) is 49.9 Å². The molecular formula is C17H23N3O2S. The molecule has 1 aromatic heterocycles. The summed E-state index contributed by atoms with van der Waals surface area (Å²) in [6, 6.07) is 5.63. The van der Waals surface area contributed by atoms with Crippen molar-refractivity contribution in [3.8, 4) is 6.07 Å². The number of rotatable bonds is 6. The molecule has 23 heavy (non-hydrogen) atoms. The first-order chi connectivity index (χ1) is 10.9. The minimum atomic E-state index is -1.19. The van der Waals surface area contributed by atoms with E-state index < -0.39 is 10.8 Å². The van der Waals surface area contributed by atoms with E-state index in [1.807, 2.05) is 18.7 Å². The third kappa shape index (κ3) is 4.87. The number of pyridine rings is 1. The van der Waals surface area contributed by atoms with Gasteiger partial charge in [-0.2, -0.15) is 5.26 Å². The van der Waals surface area contributed by atoms with Crippen LogP contribution in [0.15, 0.2) is 23.4 Å². The van der Waals surface area contributed by atoms with Crippen molar-refractivity contribution >= 4 is 16.7 Å². The predicted molar refractivity (Wildman–Crippen MR) is 89.3 cm³/mol. The molecule has 0 bridgehead atoms. The second-order valence-corrected chi connectivity index (χ2v) is 8.05. The quantitative estimate of drug-likeness (QED) is 0.802. The molecule has 6 heteroatoms. The molecule has 1 aromatic rings. The molecule has 0 aromatic carbocycles. The lowest BCUT2D eigenvalue weighted by Crippen LogP contribution is -2.27. The smallest absolute Gasteiger partial charge is 0.255 e. The monoisotopic (exact) mass is 333 g/mol. The molecule has 0 spiro atoms. The topological polar surface area (TPSA) is 74.1 Å². The van der Waals surface area contributed by atoms with Gasteiger partial charge in [0, 0.05) is 25.0 Å². The van der Waals surface area contributed by atoms with Crippen molar-refractivity contribution < 1.29 is 9.00 Å². The molecule has 1 aliphatic heterocycles. The van der Waals surface area contributed by atoms with E-state index in [0.717, 1.165) is 25.9 Å². The predicted octanol–water partition coefficient (Wildman–Crippen LogP) is 2.76. The molecule has 1 saturated heterocycles. The van der Waals surface area contributed by atoms with Crippen LogP contribution in [0.5, 0.6) is 0 Å². The van der Waals surface area contributed by atoms with Crippen molar-refractivity contribution in [1.29, 1.82) is 5.26 Å². The molecule has 0 aliphatic carbocycles. The molecule has 2 rings (SSSR count). The molecule has 1 amide bonds. The molecule has 1 atom stereocenters. The fraction of sp³-hybridized carbons (Fsp3) is 0.588. The average molecular weight is 333 g/mol. The van der Waals surface area contributed by atoms with Gasteiger partial charge in [0.2, 0.25) is 0 Å². The van der Waals surface area contributed by atoms with Crippen LogP contribution >= 0.6 is 0 Å². The summed E-state index contributed by atoms with van der Waals surface area (Å²) in [5.74, 6) is 0.487. The van der Waals surface area contributed by atoms with E-state index in [2.05, 4.69) is 11.1 Å². The number of amides is 1. The van der Waals surface area contributed by atoms with Crippen molar-refractivity contribution in [2.24, 2.45) is 5.41 Å². The van der Waals surface area contributed by atoms with Crippen LogP contribution in [0, 0.1) is 16.7 Å². The van der Waals surface area contributed by atoms with Gasteiger partial charge in [-0.15, -0.1) is 0 Å². The number of hydrogen-bond donors (Lipinski definition) is 0. The summed E-state index contributed by atoms with van der Waals surface area (Å²) >= 11 is 0. The summed E-state index contributed by atoms with van der Waals surface area (Å²) in [4.78, 5) is 18.2. The molecule has 1 aliphatic rings. The van der Waals surface area contributed by atoms with Crippen LogP contribution in [0.2, 0.25) is 0 Å². The first-order valence-electron chi connectivity index (χ1n) is 7.98. The lowest BCUT2D eigenvalue weighted by Gasteiger charge is -2.15. The van der Waals surface area contributed by atoms with Gasteiger partial charge >= 0.3 is 0 Å². The first-order valence-corrected chi connectivity index (χ1v) is 9.30. The van der Waals surface area contributed by atoms with E-state index in [0.29, 0.717) is 29.2 Å². The van der Waals surface area contributed by atoms with Gasteiger partial charge in [0.15, 0.2) is 0 Å². The lowest BCUT2D eigenvalue weighted by atomic mass is 9.90. The highest BCUT2D eigenvalue weighted by atomic mass is 32.2. The van der Waals surface area contributed by atoms with Crippen molar-refractivity contribution in [3.05, 3.63) is 23.9 Å². The lowest BCUT2D eigenvalue weighted by molar-refractivity contribution is 0.0792. The Morgan fingerprint density at radius 3 is 2.65 bits per heavy atom. The van der Waals surface area contributed by atoms with Crippen LogP contribution in [0.25, 0.3) is 0 Å². The Balaban J connectivity index is 1.90. The summed E-state index contributed by atoms with van der Waals surface area (Å²) in [5.41, 5.74) is 0.169. The highest BCUT2D eigenvalue weighted by molar-refractivity contribution is 7.84. The highest BCUT2D eigenvalue weighted by Gasteiger charge is 2.20. The zero-order valence-corrected chi connectivity index (χ0v) is 14.6. The van der Waals surface area contributed by atoms with Crippen molar-refractivity contribution in [2.45, 2.75) is 44.6 Å². The summed E-state index contributed by atoms with van der Waals surface area (Å²) in [7, 11) is -1.19.